The maximum Gasteiger partial charge on any atom is 0.325 e. The van der Waals surface area contributed by atoms with E-state index in [4.69, 9.17) is 4.74 Å². The van der Waals surface area contributed by atoms with Crippen molar-refractivity contribution in [3.05, 3.63) is 64.1 Å². The molecule has 0 aliphatic rings. The number of amides is 2. The fourth-order valence-electron chi connectivity index (χ4n) is 2.31. The van der Waals surface area contributed by atoms with Gasteiger partial charge in [0.15, 0.2) is 0 Å². The number of hydrogen-bond acceptors (Lipinski definition) is 4. The summed E-state index contributed by atoms with van der Waals surface area (Å²) in [6.45, 7) is 1.93. The first-order chi connectivity index (χ1) is 12.9. The van der Waals surface area contributed by atoms with Crippen molar-refractivity contribution in [1.82, 2.24) is 4.90 Å². The van der Waals surface area contributed by atoms with Crippen LogP contribution in [0.1, 0.15) is 22.8 Å². The van der Waals surface area contributed by atoms with Gasteiger partial charge in [-0.25, -0.2) is 0 Å². The second-order valence-corrected chi connectivity index (χ2v) is 6.81. The molecule has 0 atom stereocenters. The number of halogens is 1. The lowest BCUT2D eigenvalue weighted by Gasteiger charge is -2.16. The summed E-state index contributed by atoms with van der Waals surface area (Å²) < 4.78 is 5.74. The molecule has 0 radical (unpaired) electrons. The third-order valence-electron chi connectivity index (χ3n) is 3.77. The van der Waals surface area contributed by atoms with Crippen LogP contribution in [0.5, 0.6) is 0 Å². The molecule has 0 aliphatic carbocycles. The number of carbonyl (C=O) groups excluding carboxylic acids is 3. The van der Waals surface area contributed by atoms with Crippen LogP contribution in [0, 0.1) is 0 Å². The largest absolute Gasteiger partial charge is 0.465 e. The highest BCUT2D eigenvalue weighted by molar-refractivity contribution is 9.10. The van der Waals surface area contributed by atoms with Crippen molar-refractivity contribution in [2.75, 3.05) is 25.5 Å². The minimum absolute atomic E-state index is 0.0754. The normalized spacial score (nSPS) is 10.2. The topological polar surface area (TPSA) is 75.7 Å². The maximum absolute atomic E-state index is 12.2. The quantitative estimate of drug-likeness (QED) is 0.681. The van der Waals surface area contributed by atoms with Crippen molar-refractivity contribution >= 4 is 39.4 Å². The zero-order valence-electron chi connectivity index (χ0n) is 15.2. The third-order valence-corrected chi connectivity index (χ3v) is 4.30. The zero-order valence-corrected chi connectivity index (χ0v) is 16.8. The molecule has 2 aromatic rings. The van der Waals surface area contributed by atoms with Gasteiger partial charge in [-0.3, -0.25) is 14.4 Å². The van der Waals surface area contributed by atoms with Crippen LogP contribution in [-0.4, -0.2) is 42.9 Å². The predicted octanol–water partition coefficient (Wildman–Crippen LogP) is 3.27. The fraction of sp³-hybridized carbons (Fsp3) is 0.250. The molecular formula is C20H21BrN2O4. The van der Waals surface area contributed by atoms with E-state index in [1.165, 1.54) is 4.90 Å². The highest BCUT2D eigenvalue weighted by atomic mass is 79.9. The van der Waals surface area contributed by atoms with E-state index >= 15 is 0 Å². The number of likely N-dealkylation sites (N-methyl/N-ethyl adjacent to an activating group) is 1. The Morgan fingerprint density at radius 3 is 2.26 bits per heavy atom. The van der Waals surface area contributed by atoms with Crippen LogP contribution in [0.2, 0.25) is 0 Å². The summed E-state index contributed by atoms with van der Waals surface area (Å²) >= 11 is 3.33. The second kappa shape index (κ2) is 9.87. The van der Waals surface area contributed by atoms with Crippen molar-refractivity contribution < 1.29 is 19.1 Å². The van der Waals surface area contributed by atoms with Gasteiger partial charge in [-0.1, -0.05) is 28.1 Å². The lowest BCUT2D eigenvalue weighted by Crippen LogP contribution is -2.34. The molecule has 1 N–H and O–H groups in total. The summed E-state index contributed by atoms with van der Waals surface area (Å²) in [6.07, 6.45) is 0.164. The van der Waals surface area contributed by atoms with E-state index in [1.54, 1.807) is 62.5 Å². The van der Waals surface area contributed by atoms with Gasteiger partial charge in [-0.2, -0.15) is 0 Å². The van der Waals surface area contributed by atoms with E-state index in [1.807, 2.05) is 0 Å². The number of hydrogen-bond donors (Lipinski definition) is 1. The highest BCUT2D eigenvalue weighted by Crippen LogP contribution is 2.14. The van der Waals surface area contributed by atoms with Crippen molar-refractivity contribution in [3.63, 3.8) is 0 Å². The Hall–Kier alpha value is -2.67. The Balaban J connectivity index is 1.90. The molecular weight excluding hydrogens is 412 g/mol. The number of nitrogens with one attached hydrogen (secondary N) is 1. The Kier molecular flexibility index (Phi) is 7.55. The molecule has 2 rings (SSSR count). The van der Waals surface area contributed by atoms with Crippen molar-refractivity contribution in [1.29, 1.82) is 0 Å². The van der Waals surface area contributed by atoms with Crippen LogP contribution in [0.4, 0.5) is 5.69 Å². The minimum Gasteiger partial charge on any atom is -0.465 e. The molecule has 0 saturated carbocycles. The smallest absolute Gasteiger partial charge is 0.325 e. The minimum atomic E-state index is -0.431. The number of esters is 1. The molecule has 2 aromatic carbocycles. The van der Waals surface area contributed by atoms with E-state index in [0.717, 1.165) is 10.0 Å². The van der Waals surface area contributed by atoms with E-state index in [-0.39, 0.29) is 31.4 Å². The van der Waals surface area contributed by atoms with Crippen molar-refractivity contribution in [3.8, 4) is 0 Å². The monoisotopic (exact) mass is 432 g/mol. The fourth-order valence-corrected chi connectivity index (χ4v) is 2.57. The van der Waals surface area contributed by atoms with E-state index in [9.17, 15) is 14.4 Å². The molecule has 0 bridgehead atoms. The Bertz CT molecular complexity index is 804. The Morgan fingerprint density at radius 2 is 1.67 bits per heavy atom. The summed E-state index contributed by atoms with van der Waals surface area (Å²) in [6, 6.07) is 14.1. The van der Waals surface area contributed by atoms with Gasteiger partial charge in [0.25, 0.3) is 5.91 Å². The van der Waals surface area contributed by atoms with Gasteiger partial charge in [0.2, 0.25) is 5.91 Å². The molecule has 7 heteroatoms. The molecule has 27 heavy (non-hydrogen) atoms. The number of carbonyl (C=O) groups is 3. The molecule has 0 aliphatic heterocycles. The molecule has 6 nitrogen and oxygen atoms in total. The average Bonchev–Trinajstić information content (AvgIpc) is 2.64. The highest BCUT2D eigenvalue weighted by Gasteiger charge is 2.14. The third kappa shape index (κ3) is 6.53. The summed E-state index contributed by atoms with van der Waals surface area (Å²) in [5.41, 5.74) is 1.98. The summed E-state index contributed by atoms with van der Waals surface area (Å²) in [4.78, 5) is 37.1. The van der Waals surface area contributed by atoms with E-state index in [2.05, 4.69) is 21.2 Å². The lowest BCUT2D eigenvalue weighted by molar-refractivity contribution is -0.147. The van der Waals surface area contributed by atoms with Gasteiger partial charge in [-0.15, -0.1) is 0 Å². The van der Waals surface area contributed by atoms with E-state index < -0.39 is 5.97 Å². The first-order valence-corrected chi connectivity index (χ1v) is 9.23. The molecule has 0 aromatic heterocycles. The molecule has 2 amide bonds. The summed E-state index contributed by atoms with van der Waals surface area (Å²) in [5.74, 6) is -0.824. The van der Waals surface area contributed by atoms with Crippen LogP contribution in [-0.2, 0) is 20.7 Å². The van der Waals surface area contributed by atoms with Crippen LogP contribution in [0.15, 0.2) is 53.0 Å². The average molecular weight is 433 g/mol. The number of benzene rings is 2. The number of anilines is 1. The SMILES string of the molecule is CCOC(=O)CN(C)C(=O)Cc1ccc(NC(=O)c2ccc(Br)cc2)cc1. The predicted molar refractivity (Wildman–Crippen MR) is 107 cm³/mol. The van der Waals surface area contributed by atoms with E-state index in [0.29, 0.717) is 11.3 Å². The number of rotatable bonds is 7. The first kappa shape index (κ1) is 20.6. The van der Waals surface area contributed by atoms with Crippen LogP contribution < -0.4 is 5.32 Å². The molecule has 0 saturated heterocycles. The first-order valence-electron chi connectivity index (χ1n) is 8.44. The van der Waals surface area contributed by atoms with Gasteiger partial charge >= 0.3 is 5.97 Å². The van der Waals surface area contributed by atoms with Crippen molar-refractivity contribution in [2.24, 2.45) is 0 Å². The second-order valence-electron chi connectivity index (χ2n) is 5.89. The Labute approximate surface area is 166 Å². The van der Waals surface area contributed by atoms with Crippen molar-refractivity contribution in [2.45, 2.75) is 13.3 Å². The van der Waals surface area contributed by atoms with Gasteiger partial charge in [-0.05, 0) is 48.9 Å². The molecule has 0 fully saturated rings. The van der Waals surface area contributed by atoms with Gasteiger partial charge in [0.05, 0.1) is 13.0 Å². The lowest BCUT2D eigenvalue weighted by atomic mass is 10.1. The number of ether oxygens (including phenoxy) is 1. The van der Waals surface area contributed by atoms with Gasteiger partial charge < -0.3 is 15.0 Å². The zero-order chi connectivity index (χ0) is 19.8. The van der Waals surface area contributed by atoms with Gasteiger partial charge in [0.1, 0.15) is 6.54 Å². The number of nitrogens with zero attached hydrogens (tertiary/aromatic N) is 1. The maximum atomic E-state index is 12.2. The van der Waals surface area contributed by atoms with Crippen LogP contribution in [0.25, 0.3) is 0 Å². The van der Waals surface area contributed by atoms with Crippen LogP contribution >= 0.6 is 15.9 Å². The molecule has 0 heterocycles. The Morgan fingerprint density at radius 1 is 1.04 bits per heavy atom. The molecule has 142 valence electrons. The van der Waals surface area contributed by atoms with Crippen LogP contribution in [0.3, 0.4) is 0 Å². The standard InChI is InChI=1S/C20H21BrN2O4/c1-3-27-19(25)13-23(2)18(24)12-14-4-10-17(11-5-14)22-20(26)15-6-8-16(21)9-7-15/h4-11H,3,12-13H2,1-2H3,(H,22,26). The summed E-state index contributed by atoms with van der Waals surface area (Å²) in [7, 11) is 1.56. The van der Waals surface area contributed by atoms with Gasteiger partial charge in [0, 0.05) is 22.8 Å². The molecule has 0 spiro atoms. The summed E-state index contributed by atoms with van der Waals surface area (Å²) in [5, 5.41) is 2.81. The molecule has 0 unspecified atom stereocenters.